The molecule has 0 aliphatic carbocycles. The van der Waals surface area contributed by atoms with Crippen molar-refractivity contribution in [3.05, 3.63) is 86.4 Å². The minimum atomic E-state index is -0.343. The summed E-state index contributed by atoms with van der Waals surface area (Å²) < 4.78 is 11.2. The normalized spacial score (nSPS) is 10.5. The lowest BCUT2D eigenvalue weighted by atomic mass is 10.1. The molecule has 4 nitrogen and oxygen atoms in total. The summed E-state index contributed by atoms with van der Waals surface area (Å²) in [5.74, 6) is 1.02. The van der Waals surface area contributed by atoms with Gasteiger partial charge in [-0.05, 0) is 55.0 Å². The molecule has 0 saturated heterocycles. The summed E-state index contributed by atoms with van der Waals surface area (Å²) in [4.78, 5) is 12.7. The molecule has 0 saturated carbocycles. The lowest BCUT2D eigenvalue weighted by Gasteiger charge is -2.13. The minimum Gasteiger partial charge on any atom is -0.496 e. The van der Waals surface area contributed by atoms with Crippen molar-refractivity contribution in [3.63, 3.8) is 0 Å². The summed E-state index contributed by atoms with van der Waals surface area (Å²) in [5, 5.41) is 3.65. The fraction of sp³-hybridized carbons (Fsp3) is 0.136. The molecule has 3 rings (SSSR count). The molecule has 1 N–H and O–H groups in total. The molecule has 0 aliphatic heterocycles. The predicted molar refractivity (Wildman–Crippen MR) is 118 cm³/mol. The number of anilines is 1. The fourth-order valence-corrected chi connectivity index (χ4v) is 3.31. The standard InChI is InChI=1S/C22H18Cl3NO3/c1-13-4-3-5-16(8-13)29-12-15-9-14(6-7-21(15)28-2)22(27)26-20-11-18(24)17(23)10-19(20)25/h3-11H,12H2,1-2H3,(H,26,27). The number of carbonyl (C=O) groups is 1. The second-order valence-electron chi connectivity index (χ2n) is 6.33. The largest absolute Gasteiger partial charge is 0.496 e. The van der Waals surface area contributed by atoms with E-state index in [4.69, 9.17) is 44.3 Å². The van der Waals surface area contributed by atoms with E-state index in [9.17, 15) is 4.79 Å². The molecular formula is C22H18Cl3NO3. The van der Waals surface area contributed by atoms with Crippen LogP contribution in [0.4, 0.5) is 5.69 Å². The Morgan fingerprint density at radius 2 is 1.72 bits per heavy atom. The number of halogens is 3. The van der Waals surface area contributed by atoms with Gasteiger partial charge < -0.3 is 14.8 Å². The van der Waals surface area contributed by atoms with Gasteiger partial charge in [-0.2, -0.15) is 0 Å². The van der Waals surface area contributed by atoms with E-state index in [1.165, 1.54) is 12.1 Å². The first kappa shape index (κ1) is 21.3. The Morgan fingerprint density at radius 1 is 0.966 bits per heavy atom. The molecule has 0 radical (unpaired) electrons. The van der Waals surface area contributed by atoms with Gasteiger partial charge in [0.25, 0.3) is 5.91 Å². The van der Waals surface area contributed by atoms with Crippen LogP contribution in [0.3, 0.4) is 0 Å². The smallest absolute Gasteiger partial charge is 0.255 e. The lowest BCUT2D eigenvalue weighted by Crippen LogP contribution is -2.13. The van der Waals surface area contributed by atoms with Crippen molar-refractivity contribution in [3.8, 4) is 11.5 Å². The number of amides is 1. The van der Waals surface area contributed by atoms with Crippen LogP contribution in [0.5, 0.6) is 11.5 Å². The van der Waals surface area contributed by atoms with E-state index in [1.807, 2.05) is 31.2 Å². The van der Waals surface area contributed by atoms with Gasteiger partial charge in [0.1, 0.15) is 18.1 Å². The highest BCUT2D eigenvalue weighted by molar-refractivity contribution is 6.44. The Kier molecular flexibility index (Phi) is 6.91. The van der Waals surface area contributed by atoms with Crippen LogP contribution in [-0.4, -0.2) is 13.0 Å². The van der Waals surface area contributed by atoms with Crippen LogP contribution in [0, 0.1) is 6.92 Å². The van der Waals surface area contributed by atoms with Crippen LogP contribution >= 0.6 is 34.8 Å². The number of hydrogen-bond donors (Lipinski definition) is 1. The molecule has 1 amide bonds. The lowest BCUT2D eigenvalue weighted by molar-refractivity contribution is 0.102. The molecule has 0 fully saturated rings. The first-order chi connectivity index (χ1) is 13.9. The topological polar surface area (TPSA) is 47.6 Å². The zero-order valence-corrected chi connectivity index (χ0v) is 18.0. The molecule has 0 aliphatic rings. The van der Waals surface area contributed by atoms with Gasteiger partial charge in [-0.1, -0.05) is 46.9 Å². The summed E-state index contributed by atoms with van der Waals surface area (Å²) in [6.07, 6.45) is 0. The average Bonchev–Trinajstić information content (AvgIpc) is 2.70. The van der Waals surface area contributed by atoms with E-state index in [1.54, 1.807) is 25.3 Å². The molecule has 0 atom stereocenters. The highest BCUT2D eigenvalue weighted by atomic mass is 35.5. The van der Waals surface area contributed by atoms with Crippen molar-refractivity contribution in [2.45, 2.75) is 13.5 Å². The van der Waals surface area contributed by atoms with Crippen molar-refractivity contribution >= 4 is 46.4 Å². The number of nitrogens with one attached hydrogen (secondary N) is 1. The van der Waals surface area contributed by atoms with E-state index >= 15 is 0 Å². The number of carbonyl (C=O) groups excluding carboxylic acids is 1. The first-order valence-electron chi connectivity index (χ1n) is 8.69. The summed E-state index contributed by atoms with van der Waals surface area (Å²) in [6, 6.07) is 15.8. The highest BCUT2D eigenvalue weighted by Gasteiger charge is 2.14. The Morgan fingerprint density at radius 3 is 2.45 bits per heavy atom. The number of benzene rings is 3. The van der Waals surface area contributed by atoms with Gasteiger partial charge >= 0.3 is 0 Å². The highest BCUT2D eigenvalue weighted by Crippen LogP contribution is 2.32. The molecule has 29 heavy (non-hydrogen) atoms. The molecule has 7 heteroatoms. The molecule has 0 unspecified atom stereocenters. The monoisotopic (exact) mass is 449 g/mol. The van der Waals surface area contributed by atoms with E-state index < -0.39 is 0 Å². The molecular weight excluding hydrogens is 433 g/mol. The molecule has 150 valence electrons. The molecule has 3 aromatic carbocycles. The van der Waals surface area contributed by atoms with Gasteiger partial charge in [0.15, 0.2) is 0 Å². The quantitative estimate of drug-likeness (QED) is 0.420. The van der Waals surface area contributed by atoms with Crippen LogP contribution in [-0.2, 0) is 6.61 Å². The SMILES string of the molecule is COc1ccc(C(=O)Nc2cc(Cl)c(Cl)cc2Cl)cc1COc1cccc(C)c1. The van der Waals surface area contributed by atoms with Crippen LogP contribution in [0.1, 0.15) is 21.5 Å². The second kappa shape index (κ2) is 9.40. The van der Waals surface area contributed by atoms with E-state index in [0.717, 1.165) is 16.9 Å². The van der Waals surface area contributed by atoms with Crippen LogP contribution < -0.4 is 14.8 Å². The maximum absolute atomic E-state index is 12.7. The summed E-state index contributed by atoms with van der Waals surface area (Å²) in [7, 11) is 1.57. The van der Waals surface area contributed by atoms with E-state index in [2.05, 4.69) is 5.32 Å². The van der Waals surface area contributed by atoms with Gasteiger partial charge in [-0.15, -0.1) is 0 Å². The second-order valence-corrected chi connectivity index (χ2v) is 7.55. The third kappa shape index (κ3) is 5.36. The Balaban J connectivity index is 1.80. The molecule has 3 aromatic rings. The molecule has 0 heterocycles. The Bertz CT molecular complexity index is 1050. The van der Waals surface area contributed by atoms with Crippen LogP contribution in [0.25, 0.3) is 0 Å². The Hall–Kier alpha value is -2.40. The Labute approximate surface area is 184 Å². The number of rotatable bonds is 6. The van der Waals surface area contributed by atoms with Crippen molar-refractivity contribution < 1.29 is 14.3 Å². The fourth-order valence-electron chi connectivity index (χ4n) is 2.71. The summed E-state index contributed by atoms with van der Waals surface area (Å²) in [5.41, 5.74) is 2.64. The maximum atomic E-state index is 12.7. The summed E-state index contributed by atoms with van der Waals surface area (Å²) >= 11 is 18.1. The zero-order valence-electron chi connectivity index (χ0n) is 15.8. The van der Waals surface area contributed by atoms with Gasteiger partial charge in [-0.25, -0.2) is 0 Å². The number of methoxy groups -OCH3 is 1. The maximum Gasteiger partial charge on any atom is 0.255 e. The van der Waals surface area contributed by atoms with E-state index in [0.29, 0.717) is 32.1 Å². The van der Waals surface area contributed by atoms with Crippen molar-refractivity contribution in [2.24, 2.45) is 0 Å². The summed E-state index contributed by atoms with van der Waals surface area (Å²) in [6.45, 7) is 2.24. The van der Waals surface area contributed by atoms with Crippen LogP contribution in [0.15, 0.2) is 54.6 Å². The van der Waals surface area contributed by atoms with E-state index in [-0.39, 0.29) is 12.5 Å². The average molecular weight is 451 g/mol. The van der Waals surface area contributed by atoms with Crippen molar-refractivity contribution in [1.29, 1.82) is 0 Å². The van der Waals surface area contributed by atoms with Gasteiger partial charge in [0.2, 0.25) is 0 Å². The molecule has 0 spiro atoms. The predicted octanol–water partition coefficient (Wildman–Crippen LogP) is 6.80. The third-order valence-corrected chi connectivity index (χ3v) is 5.22. The number of aryl methyl sites for hydroxylation is 1. The third-order valence-electron chi connectivity index (χ3n) is 4.18. The number of ether oxygens (including phenoxy) is 2. The van der Waals surface area contributed by atoms with Crippen molar-refractivity contribution in [1.82, 2.24) is 0 Å². The van der Waals surface area contributed by atoms with Crippen molar-refractivity contribution in [2.75, 3.05) is 12.4 Å². The first-order valence-corrected chi connectivity index (χ1v) is 9.83. The van der Waals surface area contributed by atoms with Gasteiger partial charge in [0, 0.05) is 11.1 Å². The number of hydrogen-bond acceptors (Lipinski definition) is 3. The molecule has 0 aromatic heterocycles. The minimum absolute atomic E-state index is 0.251. The van der Waals surface area contributed by atoms with Gasteiger partial charge in [0.05, 0.1) is 27.9 Å². The van der Waals surface area contributed by atoms with Gasteiger partial charge in [-0.3, -0.25) is 4.79 Å². The van der Waals surface area contributed by atoms with Crippen LogP contribution in [0.2, 0.25) is 15.1 Å². The zero-order chi connectivity index (χ0) is 21.0. The molecule has 0 bridgehead atoms.